The first-order valence-electron chi connectivity index (χ1n) is 8.79. The minimum Gasteiger partial charge on any atom is -0.246 e. The largest absolute Gasteiger partial charge is 0.416 e. The Balaban J connectivity index is 2.18. The van der Waals surface area contributed by atoms with Gasteiger partial charge in [-0.05, 0) is 5.56 Å². The van der Waals surface area contributed by atoms with Gasteiger partial charge in [0.1, 0.15) is 6.67 Å². The van der Waals surface area contributed by atoms with E-state index in [0.717, 1.165) is 23.3 Å². The Morgan fingerprint density at radius 2 is 1.27 bits per heavy atom. The third-order valence-corrected chi connectivity index (χ3v) is 12.5. The van der Waals surface area contributed by atoms with Crippen LogP contribution in [0.2, 0.25) is 38.3 Å². The van der Waals surface area contributed by atoms with Crippen molar-refractivity contribution in [2.45, 2.75) is 51.1 Å². The van der Waals surface area contributed by atoms with Crippen molar-refractivity contribution in [1.82, 2.24) is 0 Å². The van der Waals surface area contributed by atoms with Gasteiger partial charge in [0, 0.05) is 0 Å². The molecule has 0 saturated carbocycles. The van der Waals surface area contributed by atoms with E-state index in [4.69, 9.17) is 0 Å². The van der Waals surface area contributed by atoms with E-state index < -0.39 is 34.6 Å². The Kier molecular flexibility index (Phi) is 6.18. The molecule has 0 unspecified atom stereocenters. The van der Waals surface area contributed by atoms with E-state index >= 15 is 0 Å². The first-order valence-corrected chi connectivity index (χ1v) is 15.2. The van der Waals surface area contributed by atoms with E-state index in [1.807, 2.05) is 18.2 Å². The maximum Gasteiger partial charge on any atom is 0.416 e. The summed E-state index contributed by atoms with van der Waals surface area (Å²) in [5, 5.41) is 2.05. The number of hydrogen-bond donors (Lipinski definition) is 0. The summed E-state index contributed by atoms with van der Waals surface area (Å²) in [6, 6.07) is 15.4. The van der Waals surface area contributed by atoms with Gasteiger partial charge < -0.3 is 0 Å². The van der Waals surface area contributed by atoms with E-state index in [9.17, 15) is 17.6 Å². The van der Waals surface area contributed by atoms with Gasteiger partial charge in [0.2, 0.25) is 0 Å². The smallest absolute Gasteiger partial charge is 0.246 e. The third-order valence-electron chi connectivity index (χ3n) is 5.21. The zero-order chi connectivity index (χ0) is 19.6. The second-order valence-corrected chi connectivity index (χ2v) is 17.9. The molecule has 0 bridgehead atoms. The molecule has 0 aliphatic heterocycles. The molecule has 0 aliphatic rings. The van der Waals surface area contributed by atoms with Crippen molar-refractivity contribution in [2.24, 2.45) is 0 Å². The van der Waals surface area contributed by atoms with Crippen molar-refractivity contribution in [3.63, 3.8) is 0 Å². The lowest BCUT2D eigenvalue weighted by atomic mass is 10.2. The van der Waals surface area contributed by atoms with E-state index in [0.29, 0.717) is 5.56 Å². The maximum atomic E-state index is 13.0. The Hall–Kier alpha value is -1.41. The topological polar surface area (TPSA) is 0 Å². The molecule has 0 heterocycles. The predicted molar refractivity (Wildman–Crippen MR) is 107 cm³/mol. The second-order valence-electron chi connectivity index (χ2n) is 8.18. The molecule has 2 aromatic carbocycles. The van der Waals surface area contributed by atoms with Gasteiger partial charge >= 0.3 is 6.18 Å². The van der Waals surface area contributed by atoms with Crippen LogP contribution in [0.15, 0.2) is 48.5 Å². The number of hydrogen-bond acceptors (Lipinski definition) is 0. The van der Waals surface area contributed by atoms with E-state index in [-0.39, 0.29) is 0 Å². The molecule has 0 N–H and O–H groups in total. The summed E-state index contributed by atoms with van der Waals surface area (Å²) in [5.74, 6) is 0. The van der Waals surface area contributed by atoms with Crippen molar-refractivity contribution >= 4 is 26.5 Å². The average molecular weight is 399 g/mol. The van der Waals surface area contributed by atoms with E-state index in [1.165, 1.54) is 17.3 Å². The molecule has 0 saturated heterocycles. The maximum absolute atomic E-state index is 13.0. The van der Waals surface area contributed by atoms with Crippen LogP contribution in [0.1, 0.15) is 11.1 Å². The normalized spacial score (nSPS) is 13.1. The highest BCUT2D eigenvalue weighted by Gasteiger charge is 2.34. The first kappa shape index (κ1) is 20.9. The molecule has 0 fully saturated rings. The number of alkyl halides is 4. The van der Waals surface area contributed by atoms with Crippen molar-refractivity contribution in [3.8, 4) is 0 Å². The monoisotopic (exact) mass is 398 g/mol. The SMILES string of the molecule is C[Si](C)(CC[Si](C)(C)c1cccc(C(F)(F)F)c1)c1cccc(CF)c1. The summed E-state index contributed by atoms with van der Waals surface area (Å²) >= 11 is 0. The fourth-order valence-corrected chi connectivity index (χ4v) is 10.9. The van der Waals surface area contributed by atoms with Crippen LogP contribution < -0.4 is 10.4 Å². The van der Waals surface area contributed by atoms with Crippen LogP contribution in [-0.2, 0) is 12.9 Å². The van der Waals surface area contributed by atoms with Crippen molar-refractivity contribution in [2.75, 3.05) is 0 Å². The van der Waals surface area contributed by atoms with Crippen molar-refractivity contribution < 1.29 is 17.6 Å². The van der Waals surface area contributed by atoms with Gasteiger partial charge in [-0.2, -0.15) is 13.2 Å². The third kappa shape index (κ3) is 5.07. The standard InChI is InChI=1S/C20H26F4Si2/c1-25(2,18-9-5-7-16(13-18)15-21)11-12-26(3,4)19-10-6-8-17(14-19)20(22,23)24/h5-10,13-14H,11-12,15H2,1-4H3. The lowest BCUT2D eigenvalue weighted by Crippen LogP contribution is -2.47. The van der Waals surface area contributed by atoms with Crippen LogP contribution >= 0.6 is 0 Å². The van der Waals surface area contributed by atoms with Gasteiger partial charge in [0.15, 0.2) is 0 Å². The van der Waals surface area contributed by atoms with E-state index in [2.05, 4.69) is 32.3 Å². The molecule has 0 atom stereocenters. The van der Waals surface area contributed by atoms with Crippen LogP contribution in [0, 0.1) is 0 Å². The minimum absolute atomic E-state index is 0.469. The highest BCUT2D eigenvalue weighted by molar-refractivity contribution is 6.94. The zero-order valence-electron chi connectivity index (χ0n) is 15.8. The molecule has 2 rings (SSSR count). The predicted octanol–water partition coefficient (Wildman–Crippen LogP) is 5.71. The molecule has 142 valence electrons. The van der Waals surface area contributed by atoms with Gasteiger partial charge in [-0.1, -0.05) is 97.2 Å². The number of halogens is 4. The number of rotatable bonds is 6. The molecule has 0 spiro atoms. The van der Waals surface area contributed by atoms with Crippen LogP contribution in [0.25, 0.3) is 0 Å². The first-order chi connectivity index (χ1) is 12.0. The summed E-state index contributed by atoms with van der Waals surface area (Å²) in [4.78, 5) is 0. The summed E-state index contributed by atoms with van der Waals surface area (Å²) in [7, 11) is -3.77. The zero-order valence-corrected chi connectivity index (χ0v) is 17.8. The lowest BCUT2D eigenvalue weighted by molar-refractivity contribution is -0.137. The molecule has 6 heteroatoms. The summed E-state index contributed by atoms with van der Waals surface area (Å²) in [5.41, 5.74) is 0.125. The Bertz CT molecular complexity index is 751. The van der Waals surface area contributed by atoms with Gasteiger partial charge in [0.25, 0.3) is 0 Å². The molecule has 2 aromatic rings. The van der Waals surface area contributed by atoms with Gasteiger partial charge in [-0.25, -0.2) is 4.39 Å². The molecule has 0 aromatic heterocycles. The van der Waals surface area contributed by atoms with Crippen molar-refractivity contribution in [3.05, 3.63) is 59.7 Å². The Morgan fingerprint density at radius 3 is 1.77 bits per heavy atom. The highest BCUT2D eigenvalue weighted by atomic mass is 28.3. The summed E-state index contributed by atoms with van der Waals surface area (Å²) in [6.07, 6.45) is -4.30. The molecular weight excluding hydrogens is 372 g/mol. The fraction of sp³-hybridized carbons (Fsp3) is 0.400. The fourth-order valence-electron chi connectivity index (χ4n) is 3.11. The molecule has 0 amide bonds. The van der Waals surface area contributed by atoms with Gasteiger partial charge in [0.05, 0.1) is 21.7 Å². The second kappa shape index (κ2) is 7.68. The van der Waals surface area contributed by atoms with Crippen molar-refractivity contribution in [1.29, 1.82) is 0 Å². The Labute approximate surface area is 155 Å². The summed E-state index contributed by atoms with van der Waals surface area (Å²) < 4.78 is 52.0. The van der Waals surface area contributed by atoms with Crippen LogP contribution in [0.3, 0.4) is 0 Å². The Morgan fingerprint density at radius 1 is 0.769 bits per heavy atom. The van der Waals surface area contributed by atoms with Gasteiger partial charge in [-0.15, -0.1) is 0 Å². The highest BCUT2D eigenvalue weighted by Crippen LogP contribution is 2.29. The quantitative estimate of drug-likeness (QED) is 0.432. The molecule has 0 nitrogen and oxygen atoms in total. The van der Waals surface area contributed by atoms with Crippen LogP contribution in [-0.4, -0.2) is 16.1 Å². The van der Waals surface area contributed by atoms with E-state index in [1.54, 1.807) is 6.07 Å². The molecule has 26 heavy (non-hydrogen) atoms. The molecular formula is C20H26F4Si2. The minimum atomic E-state index is -4.30. The molecule has 0 aliphatic carbocycles. The molecule has 0 radical (unpaired) electrons. The lowest BCUT2D eigenvalue weighted by Gasteiger charge is -2.30. The van der Waals surface area contributed by atoms with Crippen LogP contribution in [0.5, 0.6) is 0 Å². The number of benzene rings is 2. The van der Waals surface area contributed by atoms with Gasteiger partial charge in [-0.3, -0.25) is 0 Å². The van der Waals surface area contributed by atoms with Crippen LogP contribution in [0.4, 0.5) is 17.6 Å². The average Bonchev–Trinajstić information content (AvgIpc) is 2.60. The summed E-state index contributed by atoms with van der Waals surface area (Å²) in [6.45, 7) is 8.29.